The number of nitrogens with zero attached hydrogens (tertiary/aromatic N) is 2. The fourth-order valence-electron chi connectivity index (χ4n) is 1.97. The van der Waals surface area contributed by atoms with Crippen LogP contribution in [-0.2, 0) is 6.18 Å². The van der Waals surface area contributed by atoms with Crippen LogP contribution < -0.4 is 5.73 Å². The zero-order valence-corrected chi connectivity index (χ0v) is 12.3. The molecule has 0 amide bonds. The third-order valence-corrected chi connectivity index (χ3v) is 3.56. The third-order valence-electron chi connectivity index (χ3n) is 3.26. The Hall–Kier alpha value is -1.53. The molecule has 1 heterocycles. The molecule has 0 aliphatic rings. The molecule has 1 aromatic heterocycles. The van der Waals surface area contributed by atoms with Crippen molar-refractivity contribution < 1.29 is 13.2 Å². The molecule has 3 nitrogen and oxygen atoms in total. The van der Waals surface area contributed by atoms with E-state index in [1.54, 1.807) is 10.8 Å². The summed E-state index contributed by atoms with van der Waals surface area (Å²) in [5.74, 6) is 0.161. The maximum atomic E-state index is 12.7. The fourth-order valence-corrected chi connectivity index (χ4v) is 2.24. The van der Waals surface area contributed by atoms with Crippen molar-refractivity contribution in [3.8, 4) is 5.69 Å². The predicted molar refractivity (Wildman–Crippen MR) is 75.3 cm³/mol. The number of alkyl halides is 3. The van der Waals surface area contributed by atoms with E-state index in [1.807, 2.05) is 13.8 Å². The molecular formula is C14H15ClF3N3. The van der Waals surface area contributed by atoms with Crippen LogP contribution in [0.5, 0.6) is 0 Å². The van der Waals surface area contributed by atoms with E-state index in [-0.39, 0.29) is 17.0 Å². The van der Waals surface area contributed by atoms with Gasteiger partial charge < -0.3 is 10.3 Å². The Kier molecular flexibility index (Phi) is 4.30. The lowest BCUT2D eigenvalue weighted by atomic mass is 10.0. The molecule has 114 valence electrons. The minimum atomic E-state index is -4.42. The molecule has 0 saturated carbocycles. The molecule has 0 saturated heterocycles. The van der Waals surface area contributed by atoms with Gasteiger partial charge >= 0.3 is 6.18 Å². The summed E-state index contributed by atoms with van der Waals surface area (Å²) in [6, 6.07) is 2.93. The van der Waals surface area contributed by atoms with Gasteiger partial charge in [-0.15, -0.1) is 0 Å². The summed E-state index contributed by atoms with van der Waals surface area (Å²) in [6.45, 7) is 3.91. The number of rotatable bonds is 3. The van der Waals surface area contributed by atoms with Crippen molar-refractivity contribution in [2.45, 2.75) is 26.1 Å². The molecule has 1 aromatic carbocycles. The minimum Gasteiger partial charge on any atom is -0.322 e. The quantitative estimate of drug-likeness (QED) is 0.922. The van der Waals surface area contributed by atoms with Crippen molar-refractivity contribution >= 4 is 11.6 Å². The van der Waals surface area contributed by atoms with Crippen LogP contribution in [-0.4, -0.2) is 9.55 Å². The molecule has 0 bridgehead atoms. The largest absolute Gasteiger partial charge is 0.416 e. The van der Waals surface area contributed by atoms with Gasteiger partial charge in [0.1, 0.15) is 0 Å². The molecule has 21 heavy (non-hydrogen) atoms. The van der Waals surface area contributed by atoms with Crippen molar-refractivity contribution in [3.05, 3.63) is 47.0 Å². The molecule has 0 radical (unpaired) electrons. The van der Waals surface area contributed by atoms with Gasteiger partial charge in [-0.1, -0.05) is 25.4 Å². The number of imidazole rings is 1. The topological polar surface area (TPSA) is 43.8 Å². The monoisotopic (exact) mass is 317 g/mol. The Morgan fingerprint density at radius 1 is 1.29 bits per heavy atom. The molecule has 0 fully saturated rings. The zero-order valence-electron chi connectivity index (χ0n) is 11.5. The molecule has 0 aliphatic heterocycles. The molecule has 7 heteroatoms. The lowest BCUT2D eigenvalue weighted by molar-refractivity contribution is -0.137. The summed E-state index contributed by atoms with van der Waals surface area (Å²) in [4.78, 5) is 4.02. The van der Waals surface area contributed by atoms with E-state index in [0.29, 0.717) is 11.4 Å². The van der Waals surface area contributed by atoms with Crippen LogP contribution in [0, 0.1) is 5.92 Å². The first kappa shape index (κ1) is 15.9. The predicted octanol–water partition coefficient (Wildman–Crippen LogP) is 4.20. The first-order chi connectivity index (χ1) is 9.71. The van der Waals surface area contributed by atoms with E-state index in [2.05, 4.69) is 4.98 Å². The van der Waals surface area contributed by atoms with Crippen molar-refractivity contribution in [2.75, 3.05) is 0 Å². The lowest BCUT2D eigenvalue weighted by Gasteiger charge is -2.19. The summed E-state index contributed by atoms with van der Waals surface area (Å²) in [7, 11) is 0. The van der Waals surface area contributed by atoms with Gasteiger partial charge in [0.2, 0.25) is 0 Å². The van der Waals surface area contributed by atoms with E-state index in [9.17, 15) is 13.2 Å². The van der Waals surface area contributed by atoms with E-state index in [4.69, 9.17) is 17.3 Å². The Morgan fingerprint density at radius 2 is 1.95 bits per heavy atom. The van der Waals surface area contributed by atoms with Crippen LogP contribution >= 0.6 is 11.6 Å². The number of hydrogen-bond donors (Lipinski definition) is 1. The summed E-state index contributed by atoms with van der Waals surface area (Å²) in [5.41, 5.74) is 6.42. The van der Waals surface area contributed by atoms with Gasteiger partial charge in [0.15, 0.2) is 0 Å². The van der Waals surface area contributed by atoms with Crippen molar-refractivity contribution in [3.63, 3.8) is 0 Å². The molecular weight excluding hydrogens is 303 g/mol. The highest BCUT2D eigenvalue weighted by molar-refractivity contribution is 6.32. The fraction of sp³-hybridized carbons (Fsp3) is 0.357. The zero-order chi connectivity index (χ0) is 15.8. The highest BCUT2D eigenvalue weighted by Crippen LogP contribution is 2.34. The number of nitrogens with two attached hydrogens (primary N) is 1. The summed E-state index contributed by atoms with van der Waals surface area (Å²) in [5, 5.41) is 0.0000288. The molecule has 1 unspecified atom stereocenters. The van der Waals surface area contributed by atoms with Gasteiger partial charge in [-0.3, -0.25) is 0 Å². The second kappa shape index (κ2) is 5.69. The van der Waals surface area contributed by atoms with E-state index >= 15 is 0 Å². The van der Waals surface area contributed by atoms with Crippen LogP contribution in [0.25, 0.3) is 5.69 Å². The second-order valence-electron chi connectivity index (χ2n) is 5.12. The van der Waals surface area contributed by atoms with Crippen LogP contribution in [0.3, 0.4) is 0 Å². The molecule has 2 N–H and O–H groups in total. The summed E-state index contributed by atoms with van der Waals surface area (Å²) >= 11 is 5.99. The van der Waals surface area contributed by atoms with Crippen molar-refractivity contribution in [1.82, 2.24) is 9.55 Å². The van der Waals surface area contributed by atoms with Gasteiger partial charge in [0.05, 0.1) is 34.5 Å². The molecule has 2 aromatic rings. The number of hydrogen-bond acceptors (Lipinski definition) is 2. The molecule has 2 rings (SSSR count). The Bertz CT molecular complexity index is 635. The molecule has 0 aliphatic carbocycles. The average molecular weight is 318 g/mol. The van der Waals surface area contributed by atoms with Gasteiger partial charge in [-0.2, -0.15) is 13.2 Å². The molecule has 1 atom stereocenters. The minimum absolute atomic E-state index is 0.0000288. The van der Waals surface area contributed by atoms with E-state index < -0.39 is 11.7 Å². The standard InChI is InChI=1S/C14H15ClF3N3/c1-8(2)13(19)12-6-20-7-21(12)11-4-3-9(5-10(11)15)14(16,17)18/h3-8,13H,19H2,1-2H3. The van der Waals surface area contributed by atoms with Gasteiger partial charge in [-0.25, -0.2) is 4.98 Å². The summed E-state index contributed by atoms with van der Waals surface area (Å²) < 4.78 is 39.6. The third kappa shape index (κ3) is 3.22. The maximum Gasteiger partial charge on any atom is 0.416 e. The Labute approximate surface area is 125 Å². The Morgan fingerprint density at radius 3 is 2.48 bits per heavy atom. The normalized spacial score (nSPS) is 13.7. The van der Waals surface area contributed by atoms with E-state index in [1.165, 1.54) is 12.4 Å². The Balaban J connectivity index is 2.47. The van der Waals surface area contributed by atoms with Crippen LogP contribution in [0.2, 0.25) is 5.02 Å². The average Bonchev–Trinajstić information content (AvgIpc) is 2.85. The van der Waals surface area contributed by atoms with Crippen LogP contribution in [0.15, 0.2) is 30.7 Å². The number of benzene rings is 1. The number of aromatic nitrogens is 2. The van der Waals surface area contributed by atoms with Gasteiger partial charge in [0.25, 0.3) is 0 Å². The highest BCUT2D eigenvalue weighted by Gasteiger charge is 2.31. The van der Waals surface area contributed by atoms with Crippen LogP contribution in [0.4, 0.5) is 13.2 Å². The van der Waals surface area contributed by atoms with Crippen molar-refractivity contribution in [2.24, 2.45) is 11.7 Å². The second-order valence-corrected chi connectivity index (χ2v) is 5.53. The first-order valence-corrected chi connectivity index (χ1v) is 6.74. The first-order valence-electron chi connectivity index (χ1n) is 6.36. The van der Waals surface area contributed by atoms with Crippen molar-refractivity contribution in [1.29, 1.82) is 0 Å². The SMILES string of the molecule is CC(C)C(N)c1cncn1-c1ccc(C(F)(F)F)cc1Cl. The lowest BCUT2D eigenvalue weighted by Crippen LogP contribution is -2.20. The van der Waals surface area contributed by atoms with Gasteiger partial charge in [-0.05, 0) is 24.1 Å². The molecule has 0 spiro atoms. The van der Waals surface area contributed by atoms with Gasteiger partial charge in [0, 0.05) is 6.04 Å². The smallest absolute Gasteiger partial charge is 0.322 e. The van der Waals surface area contributed by atoms with E-state index in [0.717, 1.165) is 12.1 Å². The summed E-state index contributed by atoms with van der Waals surface area (Å²) in [6.07, 6.45) is -1.33. The maximum absolute atomic E-state index is 12.7. The number of halogens is 4. The van der Waals surface area contributed by atoms with Crippen LogP contribution in [0.1, 0.15) is 31.1 Å². The highest BCUT2D eigenvalue weighted by atomic mass is 35.5.